The summed E-state index contributed by atoms with van der Waals surface area (Å²) in [6.07, 6.45) is 4.93. The Kier molecular flexibility index (Phi) is 4.28. The van der Waals surface area contributed by atoms with Gasteiger partial charge in [-0.15, -0.1) is 0 Å². The molecule has 134 valence electrons. The van der Waals surface area contributed by atoms with Crippen molar-refractivity contribution in [3.63, 3.8) is 0 Å². The highest BCUT2D eigenvalue weighted by atomic mass is 16.2. The summed E-state index contributed by atoms with van der Waals surface area (Å²) in [5, 5.41) is 0. The van der Waals surface area contributed by atoms with Crippen molar-refractivity contribution in [2.75, 3.05) is 19.6 Å². The smallest absolute Gasteiger partial charge is 0.248 e. The molecular formula is C20H27N3O2. The Morgan fingerprint density at radius 1 is 1.12 bits per heavy atom. The van der Waals surface area contributed by atoms with Crippen LogP contribution in [0.5, 0.6) is 0 Å². The molecule has 1 aromatic carbocycles. The van der Waals surface area contributed by atoms with Gasteiger partial charge in [-0.1, -0.05) is 18.6 Å². The molecule has 0 aromatic heterocycles. The van der Waals surface area contributed by atoms with Gasteiger partial charge in [0.05, 0.1) is 0 Å². The first kappa shape index (κ1) is 16.6. The Morgan fingerprint density at radius 2 is 1.84 bits per heavy atom. The molecule has 1 aliphatic heterocycles. The topological polar surface area (TPSA) is 66.6 Å². The summed E-state index contributed by atoms with van der Waals surface area (Å²) in [6, 6.07) is 8.47. The summed E-state index contributed by atoms with van der Waals surface area (Å²) in [5.74, 6) is 0.307. The molecule has 0 bridgehead atoms. The largest absolute Gasteiger partial charge is 0.366 e. The van der Waals surface area contributed by atoms with Crippen LogP contribution in [0.3, 0.4) is 0 Å². The van der Waals surface area contributed by atoms with Crippen molar-refractivity contribution in [3.8, 4) is 0 Å². The summed E-state index contributed by atoms with van der Waals surface area (Å²) in [4.78, 5) is 28.8. The number of carbonyl (C=O) groups is 2. The molecule has 1 aromatic rings. The Morgan fingerprint density at radius 3 is 2.40 bits per heavy atom. The van der Waals surface area contributed by atoms with Crippen LogP contribution in [0.2, 0.25) is 0 Å². The van der Waals surface area contributed by atoms with Crippen LogP contribution in [-0.4, -0.2) is 53.3 Å². The molecule has 3 unspecified atom stereocenters. The van der Waals surface area contributed by atoms with Crippen molar-refractivity contribution < 1.29 is 9.59 Å². The van der Waals surface area contributed by atoms with E-state index in [9.17, 15) is 9.59 Å². The van der Waals surface area contributed by atoms with Gasteiger partial charge in [-0.05, 0) is 49.8 Å². The van der Waals surface area contributed by atoms with Gasteiger partial charge in [0.15, 0.2) is 0 Å². The van der Waals surface area contributed by atoms with Gasteiger partial charge in [0.25, 0.3) is 0 Å². The lowest BCUT2D eigenvalue weighted by Gasteiger charge is -2.46. The Hall–Kier alpha value is -1.88. The number of hydrogen-bond acceptors (Lipinski definition) is 3. The van der Waals surface area contributed by atoms with Crippen molar-refractivity contribution in [1.82, 2.24) is 9.80 Å². The van der Waals surface area contributed by atoms with Crippen molar-refractivity contribution in [2.45, 2.75) is 50.6 Å². The van der Waals surface area contributed by atoms with Crippen molar-refractivity contribution >= 4 is 11.8 Å². The number of carbonyl (C=O) groups excluding carboxylic acids is 2. The van der Waals surface area contributed by atoms with Crippen LogP contribution >= 0.6 is 0 Å². The first-order valence-electron chi connectivity index (χ1n) is 9.49. The second-order valence-electron chi connectivity index (χ2n) is 7.90. The van der Waals surface area contributed by atoms with Gasteiger partial charge in [0, 0.05) is 43.2 Å². The molecule has 0 radical (unpaired) electrons. The monoisotopic (exact) mass is 341 g/mol. The second-order valence-corrected chi connectivity index (χ2v) is 7.90. The first-order chi connectivity index (χ1) is 12.0. The summed E-state index contributed by atoms with van der Waals surface area (Å²) < 4.78 is 0. The maximum absolute atomic E-state index is 12.9. The van der Waals surface area contributed by atoms with E-state index < -0.39 is 5.91 Å². The second kappa shape index (κ2) is 6.45. The molecule has 25 heavy (non-hydrogen) atoms. The molecule has 3 fully saturated rings. The van der Waals surface area contributed by atoms with Crippen molar-refractivity contribution in [1.29, 1.82) is 0 Å². The number of nitrogens with two attached hydrogens (primary N) is 1. The van der Waals surface area contributed by atoms with Gasteiger partial charge in [-0.2, -0.15) is 0 Å². The molecule has 2 aliphatic carbocycles. The fraction of sp³-hybridized carbons (Fsp3) is 0.600. The zero-order valence-electron chi connectivity index (χ0n) is 14.9. The van der Waals surface area contributed by atoms with Crippen molar-refractivity contribution in [3.05, 3.63) is 35.4 Å². The Bertz CT molecular complexity index is 668. The molecule has 3 atom stereocenters. The fourth-order valence-corrected chi connectivity index (χ4v) is 4.34. The molecule has 4 rings (SSSR count). The molecule has 3 aliphatic rings. The van der Waals surface area contributed by atoms with E-state index in [-0.39, 0.29) is 5.92 Å². The molecule has 1 saturated heterocycles. The minimum absolute atomic E-state index is 0.108. The molecule has 2 N–H and O–H groups in total. The number of nitrogens with zero attached hydrogens (tertiary/aromatic N) is 2. The lowest BCUT2D eigenvalue weighted by molar-refractivity contribution is -0.138. The van der Waals surface area contributed by atoms with E-state index >= 15 is 0 Å². The number of amides is 2. The van der Waals surface area contributed by atoms with E-state index in [0.717, 1.165) is 37.7 Å². The van der Waals surface area contributed by atoms with Crippen LogP contribution in [-0.2, 0) is 4.79 Å². The normalized spacial score (nSPS) is 30.0. The molecule has 5 nitrogen and oxygen atoms in total. The van der Waals surface area contributed by atoms with E-state index in [1.54, 1.807) is 12.1 Å². The van der Waals surface area contributed by atoms with Crippen LogP contribution < -0.4 is 5.73 Å². The standard InChI is InChI=1S/C20H27N3O2/c1-13-12-22(16-3-2-4-16)9-10-23(13)20(25)18-11-17(18)14-5-7-15(8-6-14)19(21)24/h5-8,13,16-18H,2-4,9-12H2,1H3,(H2,21,24). The number of piperazine rings is 1. The van der Waals surface area contributed by atoms with E-state index in [0.29, 0.717) is 23.4 Å². The van der Waals surface area contributed by atoms with E-state index in [4.69, 9.17) is 5.73 Å². The minimum Gasteiger partial charge on any atom is -0.366 e. The van der Waals surface area contributed by atoms with Crippen LogP contribution in [0.25, 0.3) is 0 Å². The van der Waals surface area contributed by atoms with Gasteiger partial charge in [-0.25, -0.2) is 0 Å². The molecule has 2 saturated carbocycles. The number of primary amides is 1. The zero-order valence-corrected chi connectivity index (χ0v) is 14.9. The third kappa shape index (κ3) is 3.17. The van der Waals surface area contributed by atoms with Crippen molar-refractivity contribution in [2.24, 2.45) is 11.7 Å². The van der Waals surface area contributed by atoms with E-state index in [2.05, 4.69) is 16.7 Å². The van der Waals surface area contributed by atoms with Gasteiger partial charge < -0.3 is 10.6 Å². The predicted octanol–water partition coefficient (Wildman–Crippen LogP) is 1.97. The highest BCUT2D eigenvalue weighted by molar-refractivity contribution is 5.92. The third-order valence-corrected chi connectivity index (χ3v) is 6.26. The van der Waals surface area contributed by atoms with Gasteiger partial charge in [0.2, 0.25) is 11.8 Å². The molecule has 1 heterocycles. The van der Waals surface area contributed by atoms with Gasteiger partial charge in [0.1, 0.15) is 0 Å². The van der Waals surface area contributed by atoms with E-state index in [1.165, 1.54) is 19.3 Å². The van der Waals surface area contributed by atoms with Gasteiger partial charge in [-0.3, -0.25) is 14.5 Å². The van der Waals surface area contributed by atoms with Crippen LogP contribution in [0.15, 0.2) is 24.3 Å². The quantitative estimate of drug-likeness (QED) is 0.910. The molecule has 5 heteroatoms. The lowest BCUT2D eigenvalue weighted by Crippen LogP contribution is -2.58. The van der Waals surface area contributed by atoms with E-state index in [1.807, 2.05) is 12.1 Å². The van der Waals surface area contributed by atoms with Crippen LogP contribution in [0, 0.1) is 5.92 Å². The SMILES string of the molecule is CC1CN(C2CCC2)CCN1C(=O)C1CC1c1ccc(C(N)=O)cc1. The Balaban J connectivity index is 1.35. The molecule has 2 amide bonds. The van der Waals surface area contributed by atoms with Crippen LogP contribution in [0.4, 0.5) is 0 Å². The first-order valence-corrected chi connectivity index (χ1v) is 9.49. The zero-order chi connectivity index (χ0) is 17.6. The summed E-state index contributed by atoms with van der Waals surface area (Å²) in [5.41, 5.74) is 6.95. The highest BCUT2D eigenvalue weighted by Gasteiger charge is 2.47. The van der Waals surface area contributed by atoms with Crippen LogP contribution in [0.1, 0.15) is 54.4 Å². The number of rotatable bonds is 4. The third-order valence-electron chi connectivity index (χ3n) is 6.26. The Labute approximate surface area is 149 Å². The summed E-state index contributed by atoms with van der Waals surface area (Å²) in [7, 11) is 0. The maximum atomic E-state index is 12.9. The minimum atomic E-state index is -0.409. The average Bonchev–Trinajstić information content (AvgIpc) is 3.33. The number of hydrogen-bond donors (Lipinski definition) is 1. The molecule has 0 spiro atoms. The fourth-order valence-electron chi connectivity index (χ4n) is 4.34. The highest BCUT2D eigenvalue weighted by Crippen LogP contribution is 2.48. The average molecular weight is 341 g/mol. The number of benzene rings is 1. The lowest BCUT2D eigenvalue weighted by atomic mass is 9.90. The maximum Gasteiger partial charge on any atom is 0.248 e. The summed E-state index contributed by atoms with van der Waals surface area (Å²) >= 11 is 0. The molecular weight excluding hydrogens is 314 g/mol. The summed E-state index contributed by atoms with van der Waals surface area (Å²) in [6.45, 7) is 5.08. The van der Waals surface area contributed by atoms with Gasteiger partial charge >= 0.3 is 0 Å². The predicted molar refractivity (Wildman–Crippen MR) is 96.2 cm³/mol.